The van der Waals surface area contributed by atoms with E-state index in [2.05, 4.69) is 15.2 Å². The zero-order valence-corrected chi connectivity index (χ0v) is 19.0. The molecule has 0 bridgehead atoms. The number of aromatic nitrogens is 4. The van der Waals surface area contributed by atoms with E-state index in [1.807, 2.05) is 41.3 Å². The first-order valence-corrected chi connectivity index (χ1v) is 11.5. The summed E-state index contributed by atoms with van der Waals surface area (Å²) in [5, 5.41) is 12.1. The number of hydrogen-bond acceptors (Lipinski definition) is 6. The summed E-state index contributed by atoms with van der Waals surface area (Å²) in [6.07, 6.45) is 0. The van der Waals surface area contributed by atoms with E-state index in [1.54, 1.807) is 18.2 Å². The number of carbonyl (C=O) groups is 1. The van der Waals surface area contributed by atoms with Gasteiger partial charge in [0.15, 0.2) is 16.1 Å². The maximum absolute atomic E-state index is 14.2. The molecule has 0 saturated heterocycles. The van der Waals surface area contributed by atoms with Crippen LogP contribution in [0.15, 0.2) is 59.1 Å². The molecule has 0 fully saturated rings. The van der Waals surface area contributed by atoms with Crippen molar-refractivity contribution in [3.63, 3.8) is 0 Å². The summed E-state index contributed by atoms with van der Waals surface area (Å²) in [5.74, 6) is 0.411. The Balaban J connectivity index is 1.52. The maximum atomic E-state index is 14.2. The molecule has 0 radical (unpaired) electrons. The van der Waals surface area contributed by atoms with Crippen molar-refractivity contribution in [1.29, 1.82) is 0 Å². The summed E-state index contributed by atoms with van der Waals surface area (Å²) < 4.78 is 16.1. The van der Waals surface area contributed by atoms with E-state index in [9.17, 15) is 9.18 Å². The molecule has 0 atom stereocenters. The fourth-order valence-corrected chi connectivity index (χ4v) is 4.97. The molecule has 0 N–H and O–H groups in total. The Labute approximate surface area is 191 Å². The average molecular weight is 474 g/mol. The summed E-state index contributed by atoms with van der Waals surface area (Å²) in [4.78, 5) is 18.0. The Morgan fingerprint density at radius 3 is 2.68 bits per heavy atom. The third kappa shape index (κ3) is 4.48. The van der Waals surface area contributed by atoms with Crippen LogP contribution >= 0.6 is 34.7 Å². The molecule has 0 aliphatic carbocycles. The van der Waals surface area contributed by atoms with Gasteiger partial charge < -0.3 is 4.57 Å². The topological polar surface area (TPSA) is 63.9 Å². The monoisotopic (exact) mass is 473 g/mol. The number of para-hydroxylation sites is 1. The Bertz CT molecular complexity index is 1240. The van der Waals surface area contributed by atoms with E-state index in [1.165, 1.54) is 41.0 Å². The first-order chi connectivity index (χ1) is 15.0. The van der Waals surface area contributed by atoms with Crippen LogP contribution in [-0.2, 0) is 17.6 Å². The van der Waals surface area contributed by atoms with Gasteiger partial charge in [-0.05, 0) is 24.3 Å². The highest BCUT2D eigenvalue weighted by Gasteiger charge is 2.21. The van der Waals surface area contributed by atoms with E-state index >= 15 is 0 Å². The molecular formula is C21H17ClFN5OS2. The number of anilines is 2. The van der Waals surface area contributed by atoms with E-state index in [0.29, 0.717) is 26.9 Å². The molecular weight excluding hydrogens is 457 g/mol. The molecule has 2 aromatic heterocycles. The molecule has 10 heteroatoms. The van der Waals surface area contributed by atoms with Gasteiger partial charge in [0.1, 0.15) is 5.82 Å². The van der Waals surface area contributed by atoms with Crippen molar-refractivity contribution >= 4 is 51.4 Å². The fourth-order valence-electron chi connectivity index (χ4n) is 2.96. The number of hydrogen-bond donors (Lipinski definition) is 0. The number of amides is 1. The third-order valence-corrected chi connectivity index (χ3v) is 6.70. The van der Waals surface area contributed by atoms with Crippen LogP contribution in [0, 0.1) is 5.82 Å². The smallest absolute Gasteiger partial charge is 0.230 e. The zero-order valence-electron chi connectivity index (χ0n) is 16.6. The van der Waals surface area contributed by atoms with Gasteiger partial charge >= 0.3 is 0 Å². The predicted octanol–water partition coefficient (Wildman–Crippen LogP) is 5.71. The molecule has 31 heavy (non-hydrogen) atoms. The van der Waals surface area contributed by atoms with Crippen LogP contribution in [0.5, 0.6) is 0 Å². The highest BCUT2D eigenvalue weighted by atomic mass is 35.5. The third-order valence-electron chi connectivity index (χ3n) is 4.44. The summed E-state index contributed by atoms with van der Waals surface area (Å²) in [6, 6.07) is 13.6. The quantitative estimate of drug-likeness (QED) is 0.336. The number of thioether (sulfide) groups is 1. The standard InChI is InChI=1S/C21H17ClFN5OS2/c1-13(29)28(18-10-6-5-9-17(18)23)20-24-14(11-30-20)12-31-21-26-25-19(27(21)2)15-7-3-4-8-16(15)22/h3-11H,12H2,1-2H3. The molecule has 158 valence electrons. The Morgan fingerprint density at radius 2 is 1.94 bits per heavy atom. The summed E-state index contributed by atoms with van der Waals surface area (Å²) in [7, 11) is 1.88. The van der Waals surface area contributed by atoms with Gasteiger partial charge in [-0.2, -0.15) is 0 Å². The van der Waals surface area contributed by atoms with Crippen LogP contribution in [0.4, 0.5) is 15.2 Å². The second kappa shape index (κ2) is 9.17. The maximum Gasteiger partial charge on any atom is 0.230 e. The zero-order chi connectivity index (χ0) is 22.0. The lowest BCUT2D eigenvalue weighted by Gasteiger charge is -2.18. The van der Waals surface area contributed by atoms with Crippen LogP contribution in [0.2, 0.25) is 5.02 Å². The van der Waals surface area contributed by atoms with Crippen molar-refractivity contribution in [3.8, 4) is 11.4 Å². The average Bonchev–Trinajstić information content (AvgIpc) is 3.35. The van der Waals surface area contributed by atoms with Crippen LogP contribution in [-0.4, -0.2) is 25.7 Å². The molecule has 2 aromatic carbocycles. The summed E-state index contributed by atoms with van der Waals surface area (Å²) in [5.41, 5.74) is 1.75. The van der Waals surface area contributed by atoms with Crippen molar-refractivity contribution in [1.82, 2.24) is 19.7 Å². The van der Waals surface area contributed by atoms with Gasteiger partial charge in [0, 0.05) is 30.7 Å². The van der Waals surface area contributed by atoms with E-state index in [0.717, 1.165) is 11.3 Å². The van der Waals surface area contributed by atoms with Gasteiger partial charge in [-0.3, -0.25) is 9.69 Å². The first-order valence-electron chi connectivity index (χ1n) is 9.22. The minimum atomic E-state index is -0.477. The molecule has 0 saturated carbocycles. The molecule has 4 aromatic rings. The van der Waals surface area contributed by atoms with Crippen molar-refractivity contribution < 1.29 is 9.18 Å². The highest BCUT2D eigenvalue weighted by Crippen LogP contribution is 2.33. The van der Waals surface area contributed by atoms with Crippen molar-refractivity contribution in [2.24, 2.45) is 7.05 Å². The molecule has 6 nitrogen and oxygen atoms in total. The number of nitrogens with zero attached hydrogens (tertiary/aromatic N) is 5. The Morgan fingerprint density at radius 1 is 1.19 bits per heavy atom. The fraction of sp³-hybridized carbons (Fsp3) is 0.143. The molecule has 2 heterocycles. The number of halogens is 2. The summed E-state index contributed by atoms with van der Waals surface area (Å²) >= 11 is 9.03. The second-order valence-corrected chi connectivity index (χ2v) is 8.75. The van der Waals surface area contributed by atoms with Crippen LogP contribution in [0.1, 0.15) is 12.6 Å². The number of thiazole rings is 1. The summed E-state index contributed by atoms with van der Waals surface area (Å²) in [6.45, 7) is 1.39. The normalized spacial score (nSPS) is 11.0. The molecule has 0 spiro atoms. The van der Waals surface area contributed by atoms with Crippen molar-refractivity contribution in [2.75, 3.05) is 4.90 Å². The lowest BCUT2D eigenvalue weighted by Crippen LogP contribution is -2.23. The van der Waals surface area contributed by atoms with Crippen molar-refractivity contribution in [2.45, 2.75) is 17.8 Å². The van der Waals surface area contributed by atoms with Gasteiger partial charge in [-0.1, -0.05) is 47.6 Å². The number of carbonyl (C=O) groups excluding carboxylic acids is 1. The van der Waals surface area contributed by atoms with Gasteiger partial charge in [-0.25, -0.2) is 9.37 Å². The molecule has 1 amide bonds. The predicted molar refractivity (Wildman–Crippen MR) is 122 cm³/mol. The molecule has 4 rings (SSSR count). The van der Waals surface area contributed by atoms with E-state index < -0.39 is 5.82 Å². The molecule has 0 unspecified atom stereocenters. The van der Waals surface area contributed by atoms with Gasteiger partial charge in [0.25, 0.3) is 0 Å². The van der Waals surface area contributed by atoms with Crippen molar-refractivity contribution in [3.05, 3.63) is 70.4 Å². The van der Waals surface area contributed by atoms with Crippen LogP contribution in [0.25, 0.3) is 11.4 Å². The Kier molecular flexibility index (Phi) is 6.35. The first kappa shape index (κ1) is 21.5. The number of benzene rings is 2. The largest absolute Gasteiger partial charge is 0.305 e. The van der Waals surface area contributed by atoms with E-state index in [-0.39, 0.29) is 11.6 Å². The van der Waals surface area contributed by atoms with E-state index in [4.69, 9.17) is 11.6 Å². The van der Waals surface area contributed by atoms with Crippen LogP contribution in [0.3, 0.4) is 0 Å². The highest BCUT2D eigenvalue weighted by molar-refractivity contribution is 7.98. The molecule has 0 aliphatic heterocycles. The second-order valence-electron chi connectivity index (χ2n) is 6.56. The van der Waals surface area contributed by atoms with Gasteiger partial charge in [0.05, 0.1) is 16.4 Å². The molecule has 0 aliphatic rings. The Hall–Kier alpha value is -2.75. The van der Waals surface area contributed by atoms with Gasteiger partial charge in [0.2, 0.25) is 5.91 Å². The SMILES string of the molecule is CC(=O)N(c1nc(CSc2nnc(-c3ccccc3Cl)n2C)cs1)c1ccccc1F. The number of rotatable bonds is 6. The van der Waals surface area contributed by atoms with Gasteiger partial charge in [-0.15, -0.1) is 21.5 Å². The minimum Gasteiger partial charge on any atom is -0.305 e. The van der Waals surface area contributed by atoms with Crippen LogP contribution < -0.4 is 4.90 Å². The lowest BCUT2D eigenvalue weighted by atomic mass is 10.2. The minimum absolute atomic E-state index is 0.182. The lowest BCUT2D eigenvalue weighted by molar-refractivity contribution is -0.115.